The highest BCUT2D eigenvalue weighted by atomic mass is 16.5. The van der Waals surface area contributed by atoms with E-state index in [4.69, 9.17) is 5.26 Å². The number of nitrogens with zero attached hydrogens (tertiary/aromatic N) is 1. The number of nitriles is 1. The van der Waals surface area contributed by atoms with Crippen molar-refractivity contribution in [2.75, 3.05) is 14.2 Å². The summed E-state index contributed by atoms with van der Waals surface area (Å²) >= 11 is 0. The summed E-state index contributed by atoms with van der Waals surface area (Å²) in [4.78, 5) is 22.5. The van der Waals surface area contributed by atoms with Crippen LogP contribution in [-0.4, -0.2) is 26.2 Å². The van der Waals surface area contributed by atoms with Crippen molar-refractivity contribution >= 4 is 11.9 Å². The third-order valence-corrected chi connectivity index (χ3v) is 2.66. The molecule has 0 spiro atoms. The van der Waals surface area contributed by atoms with Crippen LogP contribution >= 0.6 is 0 Å². The molecular weight excluding hydrogens is 186 g/mol. The molecule has 1 rings (SSSR count). The van der Waals surface area contributed by atoms with Gasteiger partial charge >= 0.3 is 11.9 Å². The fourth-order valence-electron chi connectivity index (χ4n) is 1.64. The lowest BCUT2D eigenvalue weighted by atomic mass is 9.61. The van der Waals surface area contributed by atoms with Crippen LogP contribution in [0.5, 0.6) is 0 Å². The van der Waals surface area contributed by atoms with Gasteiger partial charge in [-0.05, 0) is 12.8 Å². The van der Waals surface area contributed by atoms with E-state index in [0.717, 1.165) is 0 Å². The lowest BCUT2D eigenvalue weighted by Crippen LogP contribution is -2.50. The van der Waals surface area contributed by atoms with Gasteiger partial charge in [-0.25, -0.2) is 0 Å². The monoisotopic (exact) mass is 197 g/mol. The molecule has 1 aliphatic rings. The van der Waals surface area contributed by atoms with E-state index in [-0.39, 0.29) is 0 Å². The van der Waals surface area contributed by atoms with Gasteiger partial charge in [-0.15, -0.1) is 0 Å². The predicted octanol–water partition coefficient (Wildman–Crippen LogP) is 0.252. The van der Waals surface area contributed by atoms with E-state index in [2.05, 4.69) is 9.47 Å². The van der Waals surface area contributed by atoms with Crippen LogP contribution in [0, 0.1) is 22.7 Å². The molecule has 0 N–H and O–H groups in total. The van der Waals surface area contributed by atoms with Crippen LogP contribution in [0.2, 0.25) is 0 Å². The summed E-state index contributed by atoms with van der Waals surface area (Å²) in [6.07, 6.45) is 0.852. The minimum Gasteiger partial charge on any atom is -0.469 e. The Morgan fingerprint density at radius 3 is 2.36 bits per heavy atom. The highest BCUT2D eigenvalue weighted by Gasteiger charge is 2.58. The number of rotatable bonds is 2. The molecule has 1 fully saturated rings. The summed E-state index contributed by atoms with van der Waals surface area (Å²) < 4.78 is 9.01. The molecule has 0 bridgehead atoms. The number of carbonyl (C=O) groups is 2. The summed E-state index contributed by atoms with van der Waals surface area (Å²) in [6.45, 7) is 0. The smallest absolute Gasteiger partial charge is 0.327 e. The van der Waals surface area contributed by atoms with Gasteiger partial charge < -0.3 is 9.47 Å². The average Bonchev–Trinajstić information content (AvgIpc) is 2.17. The van der Waals surface area contributed by atoms with Gasteiger partial charge in [0, 0.05) is 0 Å². The zero-order chi connectivity index (χ0) is 10.8. The van der Waals surface area contributed by atoms with Crippen LogP contribution in [0.1, 0.15) is 12.8 Å². The van der Waals surface area contributed by atoms with E-state index < -0.39 is 23.3 Å². The number of ether oxygens (including phenoxy) is 2. The topological polar surface area (TPSA) is 76.4 Å². The van der Waals surface area contributed by atoms with Crippen LogP contribution in [0.15, 0.2) is 0 Å². The van der Waals surface area contributed by atoms with E-state index in [0.29, 0.717) is 12.8 Å². The second-order valence-corrected chi connectivity index (χ2v) is 3.19. The highest BCUT2D eigenvalue weighted by molar-refractivity contribution is 5.89. The normalized spacial score (nSPS) is 29.6. The average molecular weight is 197 g/mol. The highest BCUT2D eigenvalue weighted by Crippen LogP contribution is 2.47. The zero-order valence-corrected chi connectivity index (χ0v) is 8.07. The van der Waals surface area contributed by atoms with Gasteiger partial charge in [-0.3, -0.25) is 9.59 Å². The Kier molecular flexibility index (Phi) is 2.75. The molecule has 0 radical (unpaired) electrons. The number of methoxy groups -OCH3 is 2. The molecule has 5 heteroatoms. The Morgan fingerprint density at radius 1 is 1.43 bits per heavy atom. The Hall–Kier alpha value is -1.57. The maximum Gasteiger partial charge on any atom is 0.327 e. The van der Waals surface area contributed by atoms with Gasteiger partial charge in [0.05, 0.1) is 26.2 Å². The zero-order valence-electron chi connectivity index (χ0n) is 8.07. The molecule has 0 aliphatic heterocycles. The Bertz CT molecular complexity index is 306. The maximum atomic E-state index is 11.3. The molecule has 0 saturated heterocycles. The van der Waals surface area contributed by atoms with Crippen LogP contribution in [0.4, 0.5) is 0 Å². The van der Waals surface area contributed by atoms with Crippen LogP contribution in [0.3, 0.4) is 0 Å². The first-order chi connectivity index (χ1) is 6.62. The molecule has 0 unspecified atom stereocenters. The van der Waals surface area contributed by atoms with Crippen LogP contribution in [0.25, 0.3) is 0 Å². The van der Waals surface area contributed by atoms with Crippen molar-refractivity contribution in [1.29, 1.82) is 5.26 Å². The second-order valence-electron chi connectivity index (χ2n) is 3.19. The summed E-state index contributed by atoms with van der Waals surface area (Å²) in [6, 6.07) is 1.86. The molecule has 76 valence electrons. The van der Waals surface area contributed by atoms with Gasteiger partial charge in [-0.1, -0.05) is 0 Å². The number of carbonyl (C=O) groups excluding carboxylic acids is 2. The van der Waals surface area contributed by atoms with Crippen molar-refractivity contribution < 1.29 is 19.1 Å². The SMILES string of the molecule is COC(=O)[C@H]1CC[C@@]1(C#N)C(=O)OC. The summed E-state index contributed by atoms with van der Waals surface area (Å²) in [5.41, 5.74) is -1.32. The van der Waals surface area contributed by atoms with Gasteiger partial charge in [0.1, 0.15) is 0 Å². The molecule has 1 aliphatic carbocycles. The summed E-state index contributed by atoms with van der Waals surface area (Å²) in [5, 5.41) is 8.89. The van der Waals surface area contributed by atoms with E-state index in [1.807, 2.05) is 6.07 Å². The number of hydrogen-bond acceptors (Lipinski definition) is 5. The minimum atomic E-state index is -1.32. The van der Waals surface area contributed by atoms with Crippen LogP contribution < -0.4 is 0 Å². The second kappa shape index (κ2) is 3.66. The molecular formula is C9H11NO4. The van der Waals surface area contributed by atoms with Crippen molar-refractivity contribution in [2.24, 2.45) is 11.3 Å². The van der Waals surface area contributed by atoms with Gasteiger partial charge in [0.25, 0.3) is 0 Å². The molecule has 0 heterocycles. The third-order valence-electron chi connectivity index (χ3n) is 2.66. The van der Waals surface area contributed by atoms with Crippen LogP contribution in [-0.2, 0) is 19.1 Å². The van der Waals surface area contributed by atoms with E-state index in [9.17, 15) is 9.59 Å². The minimum absolute atomic E-state index is 0.357. The molecule has 5 nitrogen and oxygen atoms in total. The van der Waals surface area contributed by atoms with Crippen molar-refractivity contribution in [3.63, 3.8) is 0 Å². The largest absolute Gasteiger partial charge is 0.469 e. The molecule has 0 aromatic heterocycles. The summed E-state index contributed by atoms with van der Waals surface area (Å²) in [7, 11) is 2.44. The lowest BCUT2D eigenvalue weighted by Gasteiger charge is -2.39. The predicted molar refractivity (Wildman–Crippen MR) is 44.8 cm³/mol. The first kappa shape index (κ1) is 10.5. The number of hydrogen-bond donors (Lipinski definition) is 0. The Morgan fingerprint density at radius 2 is 2.07 bits per heavy atom. The third kappa shape index (κ3) is 1.23. The van der Waals surface area contributed by atoms with E-state index in [1.54, 1.807) is 0 Å². The van der Waals surface area contributed by atoms with Gasteiger partial charge in [-0.2, -0.15) is 5.26 Å². The standard InChI is InChI=1S/C9H11NO4/c1-13-7(11)6-3-4-9(6,5-10)8(12)14-2/h6H,3-4H2,1-2H3/t6-,9+/m1/s1. The van der Waals surface area contributed by atoms with Gasteiger partial charge in [0.2, 0.25) is 0 Å². The van der Waals surface area contributed by atoms with Crippen molar-refractivity contribution in [2.45, 2.75) is 12.8 Å². The molecule has 2 atom stereocenters. The van der Waals surface area contributed by atoms with Crippen molar-refractivity contribution in [3.05, 3.63) is 0 Å². The quantitative estimate of drug-likeness (QED) is 0.593. The van der Waals surface area contributed by atoms with Crippen molar-refractivity contribution in [1.82, 2.24) is 0 Å². The van der Waals surface area contributed by atoms with Crippen molar-refractivity contribution in [3.8, 4) is 6.07 Å². The van der Waals surface area contributed by atoms with E-state index >= 15 is 0 Å². The lowest BCUT2D eigenvalue weighted by molar-refractivity contribution is -0.171. The maximum absolute atomic E-state index is 11.3. The molecule has 0 aromatic rings. The Balaban J connectivity index is 2.88. The summed E-state index contributed by atoms with van der Waals surface area (Å²) in [5.74, 6) is -1.85. The molecule has 0 aromatic carbocycles. The molecule has 0 amide bonds. The Labute approximate surface area is 81.6 Å². The molecule has 1 saturated carbocycles. The first-order valence-electron chi connectivity index (χ1n) is 4.20. The fourth-order valence-corrected chi connectivity index (χ4v) is 1.64. The first-order valence-corrected chi connectivity index (χ1v) is 4.20. The fraction of sp³-hybridized carbons (Fsp3) is 0.667. The van der Waals surface area contributed by atoms with Gasteiger partial charge in [0.15, 0.2) is 5.41 Å². The number of esters is 2. The molecule has 14 heavy (non-hydrogen) atoms. The van der Waals surface area contributed by atoms with E-state index in [1.165, 1.54) is 14.2 Å².